The fourth-order valence-electron chi connectivity index (χ4n) is 3.66. The summed E-state index contributed by atoms with van der Waals surface area (Å²) < 4.78 is 5.65. The van der Waals surface area contributed by atoms with E-state index in [0.29, 0.717) is 22.2 Å². The number of aryl methyl sites for hydroxylation is 2. The molecule has 0 aliphatic carbocycles. The van der Waals surface area contributed by atoms with Crippen LogP contribution in [0.3, 0.4) is 0 Å². The van der Waals surface area contributed by atoms with E-state index in [4.69, 9.17) is 4.42 Å². The number of nitrogens with zero attached hydrogens (tertiary/aromatic N) is 2. The first-order chi connectivity index (χ1) is 12.5. The van der Waals surface area contributed by atoms with E-state index in [1.54, 1.807) is 25.2 Å². The Balaban J connectivity index is 1.56. The number of hydrogen-bond donors (Lipinski definition) is 2. The molecule has 0 bridgehead atoms. The van der Waals surface area contributed by atoms with Crippen molar-refractivity contribution in [2.24, 2.45) is 0 Å². The van der Waals surface area contributed by atoms with E-state index in [2.05, 4.69) is 38.8 Å². The van der Waals surface area contributed by atoms with Gasteiger partial charge in [-0.25, -0.2) is 5.10 Å². The van der Waals surface area contributed by atoms with Crippen LogP contribution in [0.25, 0.3) is 10.8 Å². The van der Waals surface area contributed by atoms with E-state index in [1.165, 1.54) is 10.4 Å². The Kier molecular flexibility index (Phi) is 4.16. The maximum absolute atomic E-state index is 12.6. The number of carbonyl (C=O) groups is 1. The van der Waals surface area contributed by atoms with Gasteiger partial charge in [0.2, 0.25) is 11.8 Å². The number of amides is 1. The van der Waals surface area contributed by atoms with Crippen molar-refractivity contribution in [1.82, 2.24) is 15.1 Å². The molecule has 1 aliphatic rings. The molecule has 1 atom stereocenters. The van der Waals surface area contributed by atoms with Gasteiger partial charge in [-0.3, -0.25) is 19.8 Å². The van der Waals surface area contributed by atoms with Gasteiger partial charge in [-0.15, -0.1) is 11.3 Å². The Morgan fingerprint density at radius 1 is 1.46 bits per heavy atom. The molecule has 4 heterocycles. The lowest BCUT2D eigenvalue weighted by Gasteiger charge is -2.32. The molecule has 0 aromatic carbocycles. The van der Waals surface area contributed by atoms with Crippen LogP contribution >= 0.6 is 11.3 Å². The number of carbonyl (C=O) groups excluding carboxylic acids is 1. The van der Waals surface area contributed by atoms with Gasteiger partial charge in [-0.05, 0) is 44.2 Å². The Labute approximate surface area is 154 Å². The average Bonchev–Trinajstić information content (AvgIpc) is 3.19. The van der Waals surface area contributed by atoms with Crippen molar-refractivity contribution in [3.8, 4) is 0 Å². The normalized spacial score (nSPS) is 17.4. The number of aromatic amines is 1. The zero-order valence-electron chi connectivity index (χ0n) is 14.9. The van der Waals surface area contributed by atoms with E-state index < -0.39 is 0 Å². The molecular formula is C18H20N4O3S. The van der Waals surface area contributed by atoms with Crippen molar-refractivity contribution in [3.05, 3.63) is 43.7 Å². The summed E-state index contributed by atoms with van der Waals surface area (Å²) in [5, 5.41) is 12.3. The Bertz CT molecular complexity index is 1050. The Hall–Kier alpha value is -2.45. The second-order valence-corrected chi connectivity index (χ2v) is 7.62. The summed E-state index contributed by atoms with van der Waals surface area (Å²) in [6.45, 7) is 6.75. The topological polar surface area (TPSA) is 91.2 Å². The minimum Gasteiger partial charge on any atom is -0.444 e. The molecular weight excluding hydrogens is 352 g/mol. The van der Waals surface area contributed by atoms with Gasteiger partial charge >= 0.3 is 0 Å². The average molecular weight is 372 g/mol. The van der Waals surface area contributed by atoms with Crippen LogP contribution in [-0.4, -0.2) is 34.1 Å². The summed E-state index contributed by atoms with van der Waals surface area (Å²) in [4.78, 5) is 28.3. The van der Waals surface area contributed by atoms with Crippen molar-refractivity contribution >= 4 is 33.9 Å². The highest BCUT2D eigenvalue weighted by molar-refractivity contribution is 7.10. The highest BCUT2D eigenvalue weighted by Gasteiger charge is 2.27. The third-order valence-electron chi connectivity index (χ3n) is 5.00. The summed E-state index contributed by atoms with van der Waals surface area (Å²) in [6, 6.07) is 2.33. The first-order valence-electron chi connectivity index (χ1n) is 8.54. The first kappa shape index (κ1) is 17.0. The summed E-state index contributed by atoms with van der Waals surface area (Å²) in [5.41, 5.74) is 1.59. The van der Waals surface area contributed by atoms with E-state index in [9.17, 15) is 9.59 Å². The van der Waals surface area contributed by atoms with Crippen LogP contribution in [0.1, 0.15) is 34.9 Å². The molecule has 26 heavy (non-hydrogen) atoms. The minimum atomic E-state index is -0.369. The van der Waals surface area contributed by atoms with E-state index in [0.717, 1.165) is 13.0 Å². The van der Waals surface area contributed by atoms with Gasteiger partial charge in [0.1, 0.15) is 11.1 Å². The molecule has 3 aromatic heterocycles. The second-order valence-electron chi connectivity index (χ2n) is 6.62. The maximum atomic E-state index is 12.6. The zero-order chi connectivity index (χ0) is 18.4. The third kappa shape index (κ3) is 2.75. The van der Waals surface area contributed by atoms with Gasteiger partial charge < -0.3 is 4.42 Å². The lowest BCUT2D eigenvalue weighted by molar-refractivity contribution is -0.118. The number of aromatic nitrogens is 2. The van der Waals surface area contributed by atoms with Gasteiger partial charge in [0, 0.05) is 17.5 Å². The molecule has 8 heteroatoms. The number of fused-ring (bicyclic) bond motifs is 2. The molecule has 136 valence electrons. The lowest BCUT2D eigenvalue weighted by atomic mass is 10.0. The van der Waals surface area contributed by atoms with Crippen molar-refractivity contribution < 1.29 is 9.21 Å². The van der Waals surface area contributed by atoms with Gasteiger partial charge in [0.25, 0.3) is 5.56 Å². The van der Waals surface area contributed by atoms with Crippen molar-refractivity contribution in [3.63, 3.8) is 0 Å². The monoisotopic (exact) mass is 372 g/mol. The molecule has 1 amide bonds. The van der Waals surface area contributed by atoms with E-state index in [-0.39, 0.29) is 29.9 Å². The molecule has 0 saturated carbocycles. The second kappa shape index (κ2) is 6.37. The highest BCUT2D eigenvalue weighted by Crippen LogP contribution is 2.33. The fraction of sp³-hybridized carbons (Fsp3) is 0.389. The van der Waals surface area contributed by atoms with Crippen LogP contribution in [0.4, 0.5) is 5.88 Å². The molecule has 2 N–H and O–H groups in total. The zero-order valence-corrected chi connectivity index (χ0v) is 15.7. The Morgan fingerprint density at radius 2 is 2.27 bits per heavy atom. The molecule has 0 unspecified atom stereocenters. The Morgan fingerprint density at radius 3 is 3.08 bits per heavy atom. The molecule has 0 spiro atoms. The predicted octanol–water partition coefficient (Wildman–Crippen LogP) is 2.75. The third-order valence-corrected chi connectivity index (χ3v) is 6.00. The number of thiophene rings is 1. The van der Waals surface area contributed by atoms with Crippen LogP contribution in [0.5, 0.6) is 0 Å². The quantitative estimate of drug-likeness (QED) is 0.738. The summed E-state index contributed by atoms with van der Waals surface area (Å²) in [6.07, 6.45) is 0.956. The van der Waals surface area contributed by atoms with Crippen molar-refractivity contribution in [2.75, 3.05) is 18.4 Å². The van der Waals surface area contributed by atoms with Crippen LogP contribution in [-0.2, 0) is 11.2 Å². The van der Waals surface area contributed by atoms with Crippen LogP contribution in [0, 0.1) is 13.8 Å². The van der Waals surface area contributed by atoms with Crippen LogP contribution < -0.4 is 10.9 Å². The first-order valence-corrected chi connectivity index (χ1v) is 9.42. The number of furan rings is 1. The van der Waals surface area contributed by atoms with Gasteiger partial charge in [-0.1, -0.05) is 0 Å². The maximum Gasteiger partial charge on any atom is 0.277 e. The molecule has 4 rings (SSSR count). The smallest absolute Gasteiger partial charge is 0.277 e. The lowest BCUT2D eigenvalue weighted by Crippen LogP contribution is -2.39. The van der Waals surface area contributed by atoms with Gasteiger partial charge in [0.05, 0.1) is 17.6 Å². The molecule has 3 aromatic rings. The van der Waals surface area contributed by atoms with Gasteiger partial charge in [0.15, 0.2) is 0 Å². The number of rotatable bonds is 3. The van der Waals surface area contributed by atoms with E-state index in [1.807, 2.05) is 0 Å². The molecule has 0 radical (unpaired) electrons. The SMILES string of the molecule is Cc1n[nH]c(=O)c2c(NC(=O)CN3CCc4sccc4[C@@H]3C)oc(C)c12. The summed E-state index contributed by atoms with van der Waals surface area (Å²) in [7, 11) is 0. The largest absolute Gasteiger partial charge is 0.444 e. The predicted molar refractivity (Wildman–Crippen MR) is 101 cm³/mol. The van der Waals surface area contributed by atoms with Crippen molar-refractivity contribution in [1.29, 1.82) is 0 Å². The number of anilines is 1. The van der Waals surface area contributed by atoms with Gasteiger partial charge in [-0.2, -0.15) is 5.10 Å². The minimum absolute atomic E-state index is 0.190. The van der Waals surface area contributed by atoms with E-state index >= 15 is 0 Å². The number of H-pyrrole nitrogens is 1. The van der Waals surface area contributed by atoms with Crippen molar-refractivity contribution in [2.45, 2.75) is 33.2 Å². The standard InChI is InChI=1S/C18H20N4O3S/c1-9-15-11(3)25-18(16(15)17(24)21-20-9)19-14(23)8-22-6-4-13-12(10(22)2)5-7-26-13/h5,7,10H,4,6,8H2,1-3H3,(H,19,23)(H,21,24)/t10-/m0/s1. The van der Waals surface area contributed by atoms with Crippen LogP contribution in [0.15, 0.2) is 20.7 Å². The highest BCUT2D eigenvalue weighted by atomic mass is 32.1. The fourth-order valence-corrected chi connectivity index (χ4v) is 4.62. The number of nitrogens with one attached hydrogen (secondary N) is 2. The summed E-state index contributed by atoms with van der Waals surface area (Å²) in [5.74, 6) is 0.566. The molecule has 7 nitrogen and oxygen atoms in total. The molecule has 1 aliphatic heterocycles. The summed E-state index contributed by atoms with van der Waals surface area (Å²) >= 11 is 1.77. The van der Waals surface area contributed by atoms with Crippen LogP contribution in [0.2, 0.25) is 0 Å². The molecule has 0 fully saturated rings. The molecule has 0 saturated heterocycles. The number of hydrogen-bond acceptors (Lipinski definition) is 6.